The molecular formula is C24H28N4O3. The van der Waals surface area contributed by atoms with Crippen LogP contribution in [0.2, 0.25) is 0 Å². The average Bonchev–Trinajstić information content (AvgIpc) is 2.81. The van der Waals surface area contributed by atoms with Gasteiger partial charge in [0, 0.05) is 37.7 Å². The van der Waals surface area contributed by atoms with E-state index in [0.29, 0.717) is 19.0 Å². The summed E-state index contributed by atoms with van der Waals surface area (Å²) in [5.74, 6) is 1.43. The second-order valence-corrected chi connectivity index (χ2v) is 7.72. The molecule has 1 aliphatic heterocycles. The zero-order valence-corrected chi connectivity index (χ0v) is 17.8. The van der Waals surface area contributed by atoms with Crippen LogP contribution in [0, 0.1) is 0 Å². The van der Waals surface area contributed by atoms with Crippen molar-refractivity contribution in [2.45, 2.75) is 31.8 Å². The highest BCUT2D eigenvalue weighted by Gasteiger charge is 2.26. The Kier molecular flexibility index (Phi) is 7.07. The number of ether oxygens (including phenoxy) is 2. The number of benzene rings is 1. The Morgan fingerprint density at radius 1 is 1.10 bits per heavy atom. The Labute approximate surface area is 182 Å². The fraction of sp³-hybridized carbons (Fsp3) is 0.375. The van der Waals surface area contributed by atoms with E-state index in [0.717, 1.165) is 49.4 Å². The molecule has 1 fully saturated rings. The number of pyridine rings is 1. The lowest BCUT2D eigenvalue weighted by molar-refractivity contribution is 0.137. The van der Waals surface area contributed by atoms with Crippen molar-refractivity contribution in [2.75, 3.05) is 26.9 Å². The lowest BCUT2D eigenvalue weighted by atomic mass is 9.98. The van der Waals surface area contributed by atoms with Gasteiger partial charge in [0.15, 0.2) is 0 Å². The normalized spacial score (nSPS) is 16.9. The molecule has 0 spiro atoms. The minimum Gasteiger partial charge on any atom is -0.491 e. The van der Waals surface area contributed by atoms with Gasteiger partial charge in [0.25, 0.3) is 5.56 Å². The van der Waals surface area contributed by atoms with E-state index in [2.05, 4.69) is 27.0 Å². The van der Waals surface area contributed by atoms with E-state index in [9.17, 15) is 4.79 Å². The molecule has 4 rings (SSSR count). The van der Waals surface area contributed by atoms with Crippen molar-refractivity contribution in [1.82, 2.24) is 19.9 Å². The van der Waals surface area contributed by atoms with Crippen LogP contribution in [0.15, 0.2) is 59.7 Å². The number of aromatic amines is 1. The molecule has 7 heteroatoms. The number of aromatic nitrogens is 3. The fourth-order valence-electron chi connectivity index (χ4n) is 3.98. The number of piperidine rings is 1. The summed E-state index contributed by atoms with van der Waals surface area (Å²) in [5.41, 5.74) is 2.78. The highest BCUT2D eigenvalue weighted by Crippen LogP contribution is 2.31. The number of rotatable bonds is 8. The molecule has 31 heavy (non-hydrogen) atoms. The molecule has 0 aliphatic carbocycles. The molecule has 7 nitrogen and oxygen atoms in total. The summed E-state index contributed by atoms with van der Waals surface area (Å²) in [7, 11) is 1.66. The topological polar surface area (TPSA) is 80.3 Å². The standard InChI is InChI=1S/C24H28N4O3/c1-30-14-15-31-20-7-5-18(6-8-20)17-28-13-3-2-4-22(28)21-16-23(29)27-24(26-21)19-9-11-25-12-10-19/h5-12,16,22H,2-4,13-15,17H2,1H3,(H,26,27,29)/t22-/m1/s1. The van der Waals surface area contributed by atoms with Gasteiger partial charge in [0.05, 0.1) is 18.3 Å². The predicted octanol–water partition coefficient (Wildman–Crippen LogP) is 3.58. The summed E-state index contributed by atoms with van der Waals surface area (Å²) in [6.45, 7) is 2.90. The van der Waals surface area contributed by atoms with Crippen molar-refractivity contribution in [2.24, 2.45) is 0 Å². The largest absolute Gasteiger partial charge is 0.491 e. The second-order valence-electron chi connectivity index (χ2n) is 7.72. The summed E-state index contributed by atoms with van der Waals surface area (Å²) in [5, 5.41) is 0. The summed E-state index contributed by atoms with van der Waals surface area (Å²) in [6.07, 6.45) is 6.68. The third-order valence-electron chi connectivity index (χ3n) is 5.54. The SMILES string of the molecule is COCCOc1ccc(CN2CCCC[C@@H]2c2cc(=O)[nH]c(-c3ccncc3)n2)cc1. The Morgan fingerprint density at radius 2 is 1.90 bits per heavy atom. The third-order valence-corrected chi connectivity index (χ3v) is 5.54. The van der Waals surface area contributed by atoms with Crippen LogP contribution in [0.5, 0.6) is 5.75 Å². The van der Waals surface area contributed by atoms with E-state index < -0.39 is 0 Å². The Morgan fingerprint density at radius 3 is 2.68 bits per heavy atom. The first-order valence-electron chi connectivity index (χ1n) is 10.7. The average molecular weight is 421 g/mol. The van der Waals surface area contributed by atoms with Crippen molar-refractivity contribution in [3.8, 4) is 17.1 Å². The Hall–Kier alpha value is -3.03. The molecule has 0 amide bonds. The summed E-state index contributed by atoms with van der Waals surface area (Å²) < 4.78 is 10.7. The van der Waals surface area contributed by atoms with Crippen LogP contribution in [-0.4, -0.2) is 46.7 Å². The molecule has 162 valence electrons. The molecule has 3 aromatic rings. The Balaban J connectivity index is 1.52. The smallest absolute Gasteiger partial charge is 0.251 e. The van der Waals surface area contributed by atoms with E-state index in [-0.39, 0.29) is 11.6 Å². The molecule has 1 N–H and O–H groups in total. The highest BCUT2D eigenvalue weighted by molar-refractivity contribution is 5.53. The molecule has 1 aromatic carbocycles. The fourth-order valence-corrected chi connectivity index (χ4v) is 3.98. The minimum absolute atomic E-state index is 0.120. The lowest BCUT2D eigenvalue weighted by Gasteiger charge is -2.35. The van der Waals surface area contributed by atoms with Crippen molar-refractivity contribution in [3.63, 3.8) is 0 Å². The van der Waals surface area contributed by atoms with Gasteiger partial charge in [-0.2, -0.15) is 0 Å². The molecule has 0 bridgehead atoms. The minimum atomic E-state index is -0.125. The van der Waals surface area contributed by atoms with E-state index in [1.54, 1.807) is 25.6 Å². The highest BCUT2D eigenvalue weighted by atomic mass is 16.5. The van der Waals surface area contributed by atoms with Gasteiger partial charge in [-0.3, -0.25) is 14.7 Å². The molecule has 1 aliphatic rings. The van der Waals surface area contributed by atoms with E-state index in [1.165, 1.54) is 5.56 Å². The first-order valence-corrected chi connectivity index (χ1v) is 10.7. The van der Waals surface area contributed by atoms with Crippen molar-refractivity contribution < 1.29 is 9.47 Å². The van der Waals surface area contributed by atoms with Gasteiger partial charge in [0.1, 0.15) is 18.2 Å². The monoisotopic (exact) mass is 420 g/mol. The molecule has 1 atom stereocenters. The first-order chi connectivity index (χ1) is 15.2. The zero-order chi connectivity index (χ0) is 21.5. The van der Waals surface area contributed by atoms with Crippen LogP contribution in [0.25, 0.3) is 11.4 Å². The molecule has 0 unspecified atom stereocenters. The van der Waals surface area contributed by atoms with Crippen LogP contribution >= 0.6 is 0 Å². The predicted molar refractivity (Wildman–Crippen MR) is 119 cm³/mol. The molecule has 3 heterocycles. The zero-order valence-electron chi connectivity index (χ0n) is 17.8. The van der Waals surface area contributed by atoms with Crippen LogP contribution in [0.3, 0.4) is 0 Å². The summed E-state index contributed by atoms with van der Waals surface area (Å²) in [6, 6.07) is 13.7. The van der Waals surface area contributed by atoms with Gasteiger partial charge in [-0.25, -0.2) is 4.98 Å². The van der Waals surface area contributed by atoms with Gasteiger partial charge >= 0.3 is 0 Å². The lowest BCUT2D eigenvalue weighted by Crippen LogP contribution is -2.34. The van der Waals surface area contributed by atoms with Crippen LogP contribution < -0.4 is 10.3 Å². The maximum atomic E-state index is 12.4. The number of nitrogens with zero attached hydrogens (tertiary/aromatic N) is 3. The van der Waals surface area contributed by atoms with Gasteiger partial charge in [-0.1, -0.05) is 18.6 Å². The van der Waals surface area contributed by atoms with Crippen molar-refractivity contribution >= 4 is 0 Å². The van der Waals surface area contributed by atoms with Gasteiger partial charge in [0.2, 0.25) is 0 Å². The van der Waals surface area contributed by atoms with Gasteiger partial charge < -0.3 is 14.5 Å². The number of hydrogen-bond donors (Lipinski definition) is 1. The number of H-pyrrole nitrogens is 1. The van der Waals surface area contributed by atoms with Crippen LogP contribution in [0.1, 0.15) is 36.6 Å². The molecule has 1 saturated heterocycles. The molecule has 0 radical (unpaired) electrons. The van der Waals surface area contributed by atoms with Gasteiger partial charge in [-0.05, 0) is 49.2 Å². The van der Waals surface area contributed by atoms with Gasteiger partial charge in [-0.15, -0.1) is 0 Å². The molecular weight excluding hydrogens is 392 g/mol. The number of hydrogen-bond acceptors (Lipinski definition) is 6. The maximum Gasteiger partial charge on any atom is 0.251 e. The van der Waals surface area contributed by atoms with Crippen molar-refractivity contribution in [1.29, 1.82) is 0 Å². The molecule has 2 aromatic heterocycles. The third kappa shape index (κ3) is 5.57. The number of nitrogens with one attached hydrogen (secondary N) is 1. The Bertz CT molecular complexity index is 1020. The number of likely N-dealkylation sites (tertiary alicyclic amines) is 1. The number of methoxy groups -OCH3 is 1. The van der Waals surface area contributed by atoms with Crippen LogP contribution in [-0.2, 0) is 11.3 Å². The van der Waals surface area contributed by atoms with E-state index in [1.807, 2.05) is 24.3 Å². The van der Waals surface area contributed by atoms with Crippen LogP contribution in [0.4, 0.5) is 0 Å². The van der Waals surface area contributed by atoms with E-state index in [4.69, 9.17) is 14.5 Å². The first kappa shape index (κ1) is 21.2. The van der Waals surface area contributed by atoms with E-state index >= 15 is 0 Å². The molecule has 0 saturated carbocycles. The quantitative estimate of drug-likeness (QED) is 0.561. The second kappa shape index (κ2) is 10.3. The maximum absolute atomic E-state index is 12.4. The van der Waals surface area contributed by atoms with Crippen molar-refractivity contribution in [3.05, 3.63) is 76.5 Å². The summed E-state index contributed by atoms with van der Waals surface area (Å²) >= 11 is 0. The summed E-state index contributed by atoms with van der Waals surface area (Å²) in [4.78, 5) is 26.5.